The van der Waals surface area contributed by atoms with Gasteiger partial charge in [0.15, 0.2) is 0 Å². The molecule has 0 aliphatic heterocycles. The van der Waals surface area contributed by atoms with Gasteiger partial charge in [0.1, 0.15) is 6.17 Å². The van der Waals surface area contributed by atoms with Gasteiger partial charge in [-0.25, -0.2) is 4.39 Å². The van der Waals surface area contributed by atoms with Crippen LogP contribution in [0.5, 0.6) is 0 Å². The molecule has 0 aromatic carbocycles. The number of alkyl halides is 1. The molecule has 17 heavy (non-hydrogen) atoms. The SMILES string of the molecule is CC.CCCC(F)C(C)(C)C1CCC(C)CC1. The third kappa shape index (κ3) is 4.97. The van der Waals surface area contributed by atoms with Crippen molar-refractivity contribution < 1.29 is 4.39 Å². The third-order valence-corrected chi connectivity index (χ3v) is 4.42. The quantitative estimate of drug-likeness (QED) is 0.568. The molecule has 1 saturated carbocycles. The highest BCUT2D eigenvalue weighted by molar-refractivity contribution is 4.87. The maximum Gasteiger partial charge on any atom is 0.105 e. The van der Waals surface area contributed by atoms with Crippen LogP contribution in [0.2, 0.25) is 0 Å². The maximum atomic E-state index is 14.1. The van der Waals surface area contributed by atoms with E-state index in [2.05, 4.69) is 27.7 Å². The minimum Gasteiger partial charge on any atom is -0.247 e. The summed E-state index contributed by atoms with van der Waals surface area (Å²) in [6.45, 7) is 12.7. The molecular formula is C16H33F. The lowest BCUT2D eigenvalue weighted by molar-refractivity contribution is 0.0391. The van der Waals surface area contributed by atoms with E-state index in [1.807, 2.05) is 13.8 Å². The van der Waals surface area contributed by atoms with Gasteiger partial charge in [-0.15, -0.1) is 0 Å². The number of hydrogen-bond acceptors (Lipinski definition) is 0. The smallest absolute Gasteiger partial charge is 0.105 e. The lowest BCUT2D eigenvalue weighted by Crippen LogP contribution is -2.36. The van der Waals surface area contributed by atoms with Crippen molar-refractivity contribution >= 4 is 0 Å². The topological polar surface area (TPSA) is 0 Å². The Labute approximate surface area is 108 Å². The number of hydrogen-bond donors (Lipinski definition) is 0. The van der Waals surface area contributed by atoms with Gasteiger partial charge in [0.05, 0.1) is 0 Å². The molecule has 0 aromatic rings. The van der Waals surface area contributed by atoms with Gasteiger partial charge in [-0.3, -0.25) is 0 Å². The first-order valence-corrected chi connectivity index (χ1v) is 7.62. The lowest BCUT2D eigenvalue weighted by Gasteiger charge is -2.40. The Morgan fingerprint density at radius 1 is 1.12 bits per heavy atom. The maximum absolute atomic E-state index is 14.1. The normalized spacial score (nSPS) is 27.0. The molecule has 1 heteroatoms. The van der Waals surface area contributed by atoms with Gasteiger partial charge in [-0.2, -0.15) is 0 Å². The molecule has 1 aliphatic rings. The zero-order chi connectivity index (χ0) is 13.5. The van der Waals surface area contributed by atoms with Crippen molar-refractivity contribution in [3.8, 4) is 0 Å². The summed E-state index contributed by atoms with van der Waals surface area (Å²) in [5, 5.41) is 0. The third-order valence-electron chi connectivity index (χ3n) is 4.42. The van der Waals surface area contributed by atoms with Gasteiger partial charge in [-0.05, 0) is 36.5 Å². The zero-order valence-electron chi connectivity index (χ0n) is 12.9. The van der Waals surface area contributed by atoms with Crippen LogP contribution < -0.4 is 0 Å². The van der Waals surface area contributed by atoms with Crippen molar-refractivity contribution in [3.05, 3.63) is 0 Å². The summed E-state index contributed by atoms with van der Waals surface area (Å²) < 4.78 is 14.1. The molecule has 0 amide bonds. The molecule has 0 N–H and O–H groups in total. The highest BCUT2D eigenvalue weighted by Gasteiger charge is 2.38. The second-order valence-electron chi connectivity index (χ2n) is 6.03. The fourth-order valence-electron chi connectivity index (χ4n) is 2.89. The van der Waals surface area contributed by atoms with E-state index in [9.17, 15) is 4.39 Å². The van der Waals surface area contributed by atoms with Crippen LogP contribution >= 0.6 is 0 Å². The molecule has 0 spiro atoms. The molecule has 0 nitrogen and oxygen atoms in total. The summed E-state index contributed by atoms with van der Waals surface area (Å²) in [7, 11) is 0. The van der Waals surface area contributed by atoms with Crippen LogP contribution in [0.3, 0.4) is 0 Å². The van der Waals surface area contributed by atoms with E-state index >= 15 is 0 Å². The van der Waals surface area contributed by atoms with Crippen LogP contribution in [0.15, 0.2) is 0 Å². The Kier molecular flexibility index (Phi) is 8.07. The largest absolute Gasteiger partial charge is 0.247 e. The molecule has 1 rings (SSSR count). The molecule has 1 unspecified atom stereocenters. The summed E-state index contributed by atoms with van der Waals surface area (Å²) in [4.78, 5) is 0. The summed E-state index contributed by atoms with van der Waals surface area (Å²) in [5.41, 5.74) is -0.101. The average Bonchev–Trinajstić information content (AvgIpc) is 2.32. The Balaban J connectivity index is 0.00000121. The zero-order valence-corrected chi connectivity index (χ0v) is 12.9. The summed E-state index contributed by atoms with van der Waals surface area (Å²) in [6, 6.07) is 0. The molecule has 0 saturated heterocycles. The minimum absolute atomic E-state index is 0.101. The Morgan fingerprint density at radius 2 is 1.59 bits per heavy atom. The van der Waals surface area contributed by atoms with Crippen LogP contribution in [0.4, 0.5) is 4.39 Å². The van der Waals surface area contributed by atoms with Crippen molar-refractivity contribution in [3.63, 3.8) is 0 Å². The second kappa shape index (κ2) is 8.11. The molecule has 0 aromatic heterocycles. The van der Waals surface area contributed by atoms with Gasteiger partial charge >= 0.3 is 0 Å². The summed E-state index contributed by atoms with van der Waals surface area (Å²) >= 11 is 0. The molecule has 0 radical (unpaired) electrons. The molecular weight excluding hydrogens is 211 g/mol. The minimum atomic E-state index is -0.610. The van der Waals surface area contributed by atoms with E-state index in [4.69, 9.17) is 0 Å². The van der Waals surface area contributed by atoms with Crippen LogP contribution in [-0.4, -0.2) is 6.17 Å². The van der Waals surface area contributed by atoms with Crippen molar-refractivity contribution in [1.29, 1.82) is 0 Å². The van der Waals surface area contributed by atoms with Crippen LogP contribution in [0.1, 0.15) is 80.1 Å². The monoisotopic (exact) mass is 244 g/mol. The predicted molar refractivity (Wildman–Crippen MR) is 76.1 cm³/mol. The summed E-state index contributed by atoms with van der Waals surface area (Å²) in [5.74, 6) is 1.47. The van der Waals surface area contributed by atoms with Gasteiger partial charge in [0.2, 0.25) is 0 Å². The number of rotatable bonds is 4. The van der Waals surface area contributed by atoms with Crippen molar-refractivity contribution in [2.75, 3.05) is 0 Å². The van der Waals surface area contributed by atoms with Crippen LogP contribution in [0, 0.1) is 17.3 Å². The average molecular weight is 244 g/mol. The van der Waals surface area contributed by atoms with Gasteiger partial charge < -0.3 is 0 Å². The highest BCUT2D eigenvalue weighted by Crippen LogP contribution is 2.44. The Bertz CT molecular complexity index is 178. The standard InChI is InChI=1S/C14H27F.C2H6/c1-5-6-13(15)14(3,4)12-9-7-11(2)8-10-12;1-2/h11-13H,5-10H2,1-4H3;1-2H3. The van der Waals surface area contributed by atoms with E-state index in [1.54, 1.807) is 0 Å². The number of halogens is 1. The first kappa shape index (κ1) is 16.9. The molecule has 1 fully saturated rings. The predicted octanol–water partition coefficient (Wildman–Crippen LogP) is 6.00. The van der Waals surface area contributed by atoms with Gasteiger partial charge in [-0.1, -0.05) is 60.8 Å². The molecule has 0 bridgehead atoms. The van der Waals surface area contributed by atoms with Crippen molar-refractivity contribution in [1.82, 2.24) is 0 Å². The van der Waals surface area contributed by atoms with E-state index in [0.717, 1.165) is 18.8 Å². The first-order valence-electron chi connectivity index (χ1n) is 7.62. The Morgan fingerprint density at radius 3 is 2.00 bits per heavy atom. The molecule has 1 aliphatic carbocycles. The summed E-state index contributed by atoms with van der Waals surface area (Å²) in [6.07, 6.45) is 6.16. The molecule has 1 atom stereocenters. The van der Waals surface area contributed by atoms with Gasteiger partial charge in [0.25, 0.3) is 0 Å². The lowest BCUT2D eigenvalue weighted by atomic mass is 9.66. The van der Waals surface area contributed by atoms with Crippen molar-refractivity contribution in [2.45, 2.75) is 86.2 Å². The first-order chi connectivity index (χ1) is 7.98. The van der Waals surface area contributed by atoms with Crippen LogP contribution in [-0.2, 0) is 0 Å². The van der Waals surface area contributed by atoms with E-state index in [0.29, 0.717) is 5.92 Å². The van der Waals surface area contributed by atoms with Crippen molar-refractivity contribution in [2.24, 2.45) is 17.3 Å². The Hall–Kier alpha value is -0.0700. The van der Waals surface area contributed by atoms with E-state index in [-0.39, 0.29) is 5.41 Å². The van der Waals surface area contributed by atoms with Gasteiger partial charge in [0, 0.05) is 0 Å². The second-order valence-corrected chi connectivity index (χ2v) is 6.03. The van der Waals surface area contributed by atoms with Crippen LogP contribution in [0.25, 0.3) is 0 Å². The molecule has 104 valence electrons. The molecule has 0 heterocycles. The van der Waals surface area contributed by atoms with E-state index < -0.39 is 6.17 Å². The fourth-order valence-corrected chi connectivity index (χ4v) is 2.89. The highest BCUT2D eigenvalue weighted by atomic mass is 19.1. The van der Waals surface area contributed by atoms with E-state index in [1.165, 1.54) is 25.7 Å². The fraction of sp³-hybridized carbons (Fsp3) is 1.00.